The summed E-state index contributed by atoms with van der Waals surface area (Å²) < 4.78 is 40.5. The Kier molecular flexibility index (Phi) is 7.11. The zero-order valence-corrected chi connectivity index (χ0v) is 16.0. The molecule has 8 heteroatoms. The van der Waals surface area contributed by atoms with E-state index < -0.39 is 6.36 Å². The summed E-state index contributed by atoms with van der Waals surface area (Å²) >= 11 is 0. The van der Waals surface area contributed by atoms with Crippen molar-refractivity contribution in [2.75, 3.05) is 32.7 Å². The average molecular weight is 407 g/mol. The Morgan fingerprint density at radius 3 is 2.14 bits per heavy atom. The normalized spacial score (nSPS) is 15.8. The summed E-state index contributed by atoms with van der Waals surface area (Å²) in [4.78, 5) is 16.5. The quantitative estimate of drug-likeness (QED) is 0.767. The fourth-order valence-corrected chi connectivity index (χ4v) is 3.22. The lowest BCUT2D eigenvalue weighted by molar-refractivity contribution is -0.274. The standard InChI is InChI=1S/C21H24F3N3O2/c22-21(23,24)29-19-8-6-18(7-9-19)15-26-10-12-27(13-11-26)16-20(28)25-14-17-4-2-1-3-5-17/h1-9H,10-16H2,(H,25,28). The van der Waals surface area contributed by atoms with Gasteiger partial charge in [-0.1, -0.05) is 42.5 Å². The molecule has 5 nitrogen and oxygen atoms in total. The van der Waals surface area contributed by atoms with Crippen molar-refractivity contribution in [3.63, 3.8) is 0 Å². The number of hydrogen-bond acceptors (Lipinski definition) is 4. The predicted octanol–water partition coefficient (Wildman–Crippen LogP) is 3.02. The molecule has 0 radical (unpaired) electrons. The summed E-state index contributed by atoms with van der Waals surface area (Å²) in [6.45, 7) is 4.68. The zero-order valence-electron chi connectivity index (χ0n) is 16.0. The molecule has 2 aromatic rings. The van der Waals surface area contributed by atoms with E-state index in [0.717, 1.165) is 37.3 Å². The second-order valence-corrected chi connectivity index (χ2v) is 7.01. The van der Waals surface area contributed by atoms with Crippen molar-refractivity contribution in [2.24, 2.45) is 0 Å². The lowest BCUT2D eigenvalue weighted by Gasteiger charge is -2.34. The first-order valence-corrected chi connectivity index (χ1v) is 9.47. The monoisotopic (exact) mass is 407 g/mol. The Hall–Kier alpha value is -2.58. The van der Waals surface area contributed by atoms with Crippen molar-refractivity contribution in [3.05, 3.63) is 65.7 Å². The molecule has 2 aromatic carbocycles. The maximum Gasteiger partial charge on any atom is 0.573 e. The van der Waals surface area contributed by atoms with Crippen LogP contribution in [0.15, 0.2) is 54.6 Å². The Bertz CT molecular complexity index is 774. The van der Waals surface area contributed by atoms with Gasteiger partial charge in [0.1, 0.15) is 5.75 Å². The Balaban J connectivity index is 1.37. The number of carbonyl (C=O) groups is 1. The fourth-order valence-electron chi connectivity index (χ4n) is 3.22. The minimum atomic E-state index is -4.68. The molecule has 1 aliphatic rings. The van der Waals surface area contributed by atoms with Crippen molar-refractivity contribution in [2.45, 2.75) is 19.5 Å². The highest BCUT2D eigenvalue weighted by molar-refractivity contribution is 5.78. The highest BCUT2D eigenvalue weighted by Crippen LogP contribution is 2.23. The number of piperazine rings is 1. The molecule has 1 saturated heterocycles. The van der Waals surface area contributed by atoms with Crippen LogP contribution in [0.1, 0.15) is 11.1 Å². The first kappa shape index (κ1) is 21.1. The highest BCUT2D eigenvalue weighted by Gasteiger charge is 2.31. The first-order valence-electron chi connectivity index (χ1n) is 9.47. The van der Waals surface area contributed by atoms with Gasteiger partial charge in [0, 0.05) is 39.3 Å². The van der Waals surface area contributed by atoms with Gasteiger partial charge in [-0.2, -0.15) is 0 Å². The number of nitrogens with one attached hydrogen (secondary N) is 1. The SMILES string of the molecule is O=C(CN1CCN(Cc2ccc(OC(F)(F)F)cc2)CC1)NCc1ccccc1. The predicted molar refractivity (Wildman–Crippen MR) is 103 cm³/mol. The fraction of sp³-hybridized carbons (Fsp3) is 0.381. The van der Waals surface area contributed by atoms with E-state index in [0.29, 0.717) is 19.6 Å². The molecule has 1 heterocycles. The van der Waals surface area contributed by atoms with Crippen LogP contribution in [0.3, 0.4) is 0 Å². The second kappa shape index (κ2) is 9.76. The number of benzene rings is 2. The van der Waals surface area contributed by atoms with Gasteiger partial charge in [-0.25, -0.2) is 0 Å². The van der Waals surface area contributed by atoms with Crippen molar-refractivity contribution in [3.8, 4) is 5.75 Å². The maximum atomic E-state index is 12.2. The van der Waals surface area contributed by atoms with Crippen LogP contribution in [0, 0.1) is 0 Å². The van der Waals surface area contributed by atoms with Gasteiger partial charge in [-0.05, 0) is 23.3 Å². The van der Waals surface area contributed by atoms with Crippen molar-refractivity contribution < 1.29 is 22.7 Å². The molecule has 1 fully saturated rings. The number of rotatable bonds is 7. The number of alkyl halides is 3. The van der Waals surface area contributed by atoms with Gasteiger partial charge >= 0.3 is 6.36 Å². The number of halogens is 3. The molecule has 1 amide bonds. The van der Waals surface area contributed by atoms with Gasteiger partial charge in [0.05, 0.1) is 6.54 Å². The summed E-state index contributed by atoms with van der Waals surface area (Å²) in [6, 6.07) is 15.7. The Morgan fingerprint density at radius 2 is 1.52 bits per heavy atom. The number of amides is 1. The summed E-state index contributed by atoms with van der Waals surface area (Å²) in [5.41, 5.74) is 1.99. The second-order valence-electron chi connectivity index (χ2n) is 7.01. The van der Waals surface area contributed by atoms with Crippen LogP contribution in [-0.2, 0) is 17.9 Å². The van der Waals surface area contributed by atoms with Crippen LogP contribution in [-0.4, -0.2) is 54.8 Å². The molecule has 3 rings (SSSR count). The van der Waals surface area contributed by atoms with Gasteiger partial charge in [0.25, 0.3) is 0 Å². The van der Waals surface area contributed by atoms with Crippen molar-refractivity contribution in [1.29, 1.82) is 0 Å². The van der Waals surface area contributed by atoms with Crippen molar-refractivity contribution >= 4 is 5.91 Å². The molecule has 0 atom stereocenters. The number of hydrogen-bond donors (Lipinski definition) is 1. The largest absolute Gasteiger partial charge is 0.573 e. The molecule has 1 N–H and O–H groups in total. The zero-order chi connectivity index (χ0) is 20.7. The van der Waals surface area contributed by atoms with E-state index in [1.54, 1.807) is 12.1 Å². The first-order chi connectivity index (χ1) is 13.9. The smallest absolute Gasteiger partial charge is 0.406 e. The molecular formula is C21H24F3N3O2. The molecule has 0 aliphatic carbocycles. The molecule has 156 valence electrons. The van der Waals surface area contributed by atoms with Crippen LogP contribution in [0.2, 0.25) is 0 Å². The molecule has 1 aliphatic heterocycles. The van der Waals surface area contributed by atoms with E-state index in [-0.39, 0.29) is 11.7 Å². The van der Waals surface area contributed by atoms with Crippen LogP contribution in [0.4, 0.5) is 13.2 Å². The maximum absolute atomic E-state index is 12.2. The van der Waals surface area contributed by atoms with Gasteiger partial charge < -0.3 is 10.1 Å². The van der Waals surface area contributed by atoms with Crippen LogP contribution in [0.5, 0.6) is 5.75 Å². The molecular weight excluding hydrogens is 383 g/mol. The van der Waals surface area contributed by atoms with Crippen LogP contribution in [0.25, 0.3) is 0 Å². The molecule has 0 spiro atoms. The van der Waals surface area contributed by atoms with Gasteiger partial charge in [0.2, 0.25) is 5.91 Å². The summed E-state index contributed by atoms with van der Waals surface area (Å²) in [7, 11) is 0. The van der Waals surface area contributed by atoms with Crippen LogP contribution < -0.4 is 10.1 Å². The minimum absolute atomic E-state index is 0.00237. The minimum Gasteiger partial charge on any atom is -0.406 e. The van der Waals surface area contributed by atoms with Crippen molar-refractivity contribution in [1.82, 2.24) is 15.1 Å². The third-order valence-electron chi connectivity index (χ3n) is 4.73. The number of ether oxygens (including phenoxy) is 1. The van der Waals surface area contributed by atoms with Gasteiger partial charge in [0.15, 0.2) is 0 Å². The average Bonchev–Trinajstić information content (AvgIpc) is 2.69. The lowest BCUT2D eigenvalue weighted by atomic mass is 10.2. The Labute approximate surface area is 168 Å². The van der Waals surface area contributed by atoms with E-state index in [2.05, 4.69) is 19.9 Å². The van der Waals surface area contributed by atoms with E-state index in [1.165, 1.54) is 12.1 Å². The molecule has 0 unspecified atom stereocenters. The van der Waals surface area contributed by atoms with E-state index in [9.17, 15) is 18.0 Å². The molecule has 0 saturated carbocycles. The molecule has 0 aromatic heterocycles. The van der Waals surface area contributed by atoms with Crippen LogP contribution >= 0.6 is 0 Å². The third-order valence-corrected chi connectivity index (χ3v) is 4.73. The van der Waals surface area contributed by atoms with E-state index in [1.807, 2.05) is 30.3 Å². The third kappa shape index (κ3) is 7.40. The van der Waals surface area contributed by atoms with E-state index >= 15 is 0 Å². The van der Waals surface area contributed by atoms with E-state index in [4.69, 9.17) is 0 Å². The number of carbonyl (C=O) groups excluding carboxylic acids is 1. The van der Waals surface area contributed by atoms with Gasteiger partial charge in [-0.15, -0.1) is 13.2 Å². The topological polar surface area (TPSA) is 44.8 Å². The highest BCUT2D eigenvalue weighted by atomic mass is 19.4. The number of nitrogens with zero attached hydrogens (tertiary/aromatic N) is 2. The molecule has 29 heavy (non-hydrogen) atoms. The lowest BCUT2D eigenvalue weighted by Crippen LogP contribution is -2.49. The molecule has 0 bridgehead atoms. The summed E-state index contributed by atoms with van der Waals surface area (Å²) in [5.74, 6) is -0.213. The van der Waals surface area contributed by atoms with Gasteiger partial charge in [-0.3, -0.25) is 14.6 Å². The summed E-state index contributed by atoms with van der Waals surface area (Å²) in [5, 5.41) is 2.93. The Morgan fingerprint density at radius 1 is 0.897 bits per heavy atom. The summed E-state index contributed by atoms with van der Waals surface area (Å²) in [6.07, 6.45) is -4.68.